The van der Waals surface area contributed by atoms with Crippen LogP contribution in [-0.4, -0.2) is 18.4 Å². The van der Waals surface area contributed by atoms with Crippen LogP contribution in [0.1, 0.15) is 45.4 Å². The van der Waals surface area contributed by atoms with Gasteiger partial charge in [0.05, 0.1) is 6.61 Å². The molecule has 0 bridgehead atoms. The van der Waals surface area contributed by atoms with Crippen molar-refractivity contribution in [2.75, 3.05) is 6.61 Å². The quantitative estimate of drug-likeness (QED) is 0.525. The Morgan fingerprint density at radius 2 is 1.95 bits per heavy atom. The molecular weight excluding hydrogens is 276 g/mol. The van der Waals surface area contributed by atoms with Crippen LogP contribution in [0.5, 0.6) is 0 Å². The lowest BCUT2D eigenvalue weighted by Crippen LogP contribution is -2.08. The highest BCUT2D eigenvalue weighted by Crippen LogP contribution is 2.18. The zero-order valence-corrected chi connectivity index (χ0v) is 12.6. The second-order valence-corrected chi connectivity index (χ2v) is 5.33. The molecule has 3 nitrogen and oxygen atoms in total. The Morgan fingerprint density at radius 1 is 1.20 bits per heavy atom. The van der Waals surface area contributed by atoms with Gasteiger partial charge in [-0.15, -0.1) is 0 Å². The van der Waals surface area contributed by atoms with E-state index in [0.717, 1.165) is 30.7 Å². The third-order valence-corrected chi connectivity index (χ3v) is 3.24. The van der Waals surface area contributed by atoms with E-state index >= 15 is 0 Å². The summed E-state index contributed by atoms with van der Waals surface area (Å²) in [5.41, 5.74) is 1.26. The minimum atomic E-state index is -0.234. The molecule has 0 aromatic heterocycles. The van der Waals surface area contributed by atoms with Gasteiger partial charge in [0.15, 0.2) is 0 Å². The van der Waals surface area contributed by atoms with Crippen molar-refractivity contribution in [1.29, 1.82) is 0 Å². The first-order valence-corrected chi connectivity index (χ1v) is 7.30. The van der Waals surface area contributed by atoms with Crippen LogP contribution < -0.4 is 0 Å². The Labute approximate surface area is 125 Å². The average Bonchev–Trinajstić information content (AvgIpc) is 2.37. The van der Waals surface area contributed by atoms with Gasteiger partial charge in [-0.25, -0.2) is 0 Å². The van der Waals surface area contributed by atoms with Crippen LogP contribution in [0.4, 0.5) is 0 Å². The maximum atomic E-state index is 11.4. The van der Waals surface area contributed by atoms with Gasteiger partial charge >= 0.3 is 5.97 Å². The van der Waals surface area contributed by atoms with Gasteiger partial charge in [-0.3, -0.25) is 9.59 Å². The minimum Gasteiger partial charge on any atom is -0.465 e. The van der Waals surface area contributed by atoms with E-state index in [2.05, 4.69) is 12.2 Å². The summed E-state index contributed by atoms with van der Waals surface area (Å²) in [6.07, 6.45) is 12.1. The monoisotopic (exact) mass is 296 g/mol. The number of hydrogen-bond acceptors (Lipinski definition) is 3. The van der Waals surface area contributed by atoms with Gasteiger partial charge in [0.1, 0.15) is 5.78 Å². The molecule has 0 saturated carbocycles. The van der Waals surface area contributed by atoms with E-state index in [1.54, 1.807) is 0 Å². The normalized spacial score (nSPS) is 21.7. The van der Waals surface area contributed by atoms with Gasteiger partial charge in [-0.05, 0) is 32.3 Å². The highest BCUT2D eigenvalue weighted by Gasteiger charge is 2.05. The number of carbonyl (C=O) groups excluding carboxylic acids is 2. The molecule has 0 aromatic carbocycles. The number of halogens is 1. The lowest BCUT2D eigenvalue weighted by Gasteiger charge is -2.07. The third kappa shape index (κ3) is 7.95. The Kier molecular flexibility index (Phi) is 7.97. The SMILES string of the molecule is CC(=O)CCOC(=O)CCC/C1=C/C=C(/Cl)C/C=C\C1. The molecule has 0 heterocycles. The van der Waals surface area contributed by atoms with Gasteiger partial charge in [-0.1, -0.05) is 35.4 Å². The second-order valence-electron chi connectivity index (χ2n) is 4.84. The van der Waals surface area contributed by atoms with Crippen molar-refractivity contribution in [3.63, 3.8) is 0 Å². The van der Waals surface area contributed by atoms with Gasteiger partial charge < -0.3 is 4.74 Å². The predicted octanol–water partition coefficient (Wildman–Crippen LogP) is 4.08. The number of ether oxygens (including phenoxy) is 1. The second kappa shape index (κ2) is 9.54. The molecule has 0 atom stereocenters. The molecule has 0 fully saturated rings. The molecule has 0 spiro atoms. The largest absolute Gasteiger partial charge is 0.465 e. The fourth-order valence-corrected chi connectivity index (χ4v) is 1.95. The molecule has 0 amide bonds. The van der Waals surface area contributed by atoms with Crippen molar-refractivity contribution < 1.29 is 14.3 Å². The molecule has 0 unspecified atom stereocenters. The molecule has 0 radical (unpaired) electrons. The van der Waals surface area contributed by atoms with Crippen molar-refractivity contribution in [3.05, 3.63) is 34.9 Å². The molecule has 4 heteroatoms. The number of rotatable bonds is 7. The van der Waals surface area contributed by atoms with Crippen molar-refractivity contribution in [2.45, 2.75) is 45.4 Å². The van der Waals surface area contributed by atoms with Crippen molar-refractivity contribution in [3.8, 4) is 0 Å². The molecule has 0 N–H and O–H groups in total. The summed E-state index contributed by atoms with van der Waals surface area (Å²) in [5.74, 6) is -0.199. The first-order chi connectivity index (χ1) is 9.58. The smallest absolute Gasteiger partial charge is 0.305 e. The number of allylic oxidation sites excluding steroid dienone is 6. The number of Topliss-reactive ketones (excluding diaryl/α,β-unsaturated/α-hetero) is 1. The molecule has 1 rings (SSSR count). The summed E-state index contributed by atoms with van der Waals surface area (Å²) in [6.45, 7) is 1.68. The maximum absolute atomic E-state index is 11.4. The molecule has 1 aliphatic rings. The number of esters is 1. The van der Waals surface area contributed by atoms with Crippen LogP contribution >= 0.6 is 11.6 Å². The molecule has 20 heavy (non-hydrogen) atoms. The van der Waals surface area contributed by atoms with Crippen LogP contribution in [0, 0.1) is 0 Å². The zero-order valence-electron chi connectivity index (χ0n) is 11.9. The van der Waals surface area contributed by atoms with Crippen LogP contribution in [0.15, 0.2) is 34.9 Å². The van der Waals surface area contributed by atoms with E-state index in [4.69, 9.17) is 16.3 Å². The topological polar surface area (TPSA) is 43.4 Å². The van der Waals surface area contributed by atoms with Crippen LogP contribution in [0.3, 0.4) is 0 Å². The Bertz CT molecular complexity index is 433. The highest BCUT2D eigenvalue weighted by atomic mass is 35.5. The van der Waals surface area contributed by atoms with Crippen molar-refractivity contribution >= 4 is 23.4 Å². The van der Waals surface area contributed by atoms with E-state index in [0.29, 0.717) is 12.8 Å². The van der Waals surface area contributed by atoms with Gasteiger partial charge in [-0.2, -0.15) is 0 Å². The van der Waals surface area contributed by atoms with Crippen LogP contribution in [-0.2, 0) is 14.3 Å². The van der Waals surface area contributed by atoms with E-state index < -0.39 is 0 Å². The first kappa shape index (κ1) is 16.7. The van der Waals surface area contributed by atoms with Crippen LogP contribution in [0.25, 0.3) is 0 Å². The fourth-order valence-electron chi connectivity index (χ4n) is 1.80. The maximum Gasteiger partial charge on any atom is 0.305 e. The Balaban J connectivity index is 2.24. The van der Waals surface area contributed by atoms with Gasteiger partial charge in [0.2, 0.25) is 0 Å². The first-order valence-electron chi connectivity index (χ1n) is 6.92. The summed E-state index contributed by atoms with van der Waals surface area (Å²) in [4.78, 5) is 22.2. The fraction of sp³-hybridized carbons (Fsp3) is 0.500. The highest BCUT2D eigenvalue weighted by molar-refractivity contribution is 6.29. The summed E-state index contributed by atoms with van der Waals surface area (Å²) >= 11 is 5.99. The number of ketones is 1. The van der Waals surface area contributed by atoms with Crippen molar-refractivity contribution in [2.24, 2.45) is 0 Å². The molecule has 110 valence electrons. The van der Waals surface area contributed by atoms with E-state index in [1.165, 1.54) is 12.5 Å². The summed E-state index contributed by atoms with van der Waals surface area (Å²) in [6, 6.07) is 0. The third-order valence-electron chi connectivity index (χ3n) is 2.96. The zero-order chi connectivity index (χ0) is 14.8. The number of hydrogen-bond donors (Lipinski definition) is 0. The summed E-state index contributed by atoms with van der Waals surface area (Å²) in [5, 5.41) is 0.821. The molecular formula is C16H21ClO3. The number of carbonyl (C=O) groups is 2. The summed E-state index contributed by atoms with van der Waals surface area (Å²) < 4.78 is 4.98. The van der Waals surface area contributed by atoms with Crippen LogP contribution in [0.2, 0.25) is 0 Å². The predicted molar refractivity (Wildman–Crippen MR) is 80.5 cm³/mol. The van der Waals surface area contributed by atoms with Crippen molar-refractivity contribution in [1.82, 2.24) is 0 Å². The summed E-state index contributed by atoms with van der Waals surface area (Å²) in [7, 11) is 0. The van der Waals surface area contributed by atoms with Gasteiger partial charge in [0, 0.05) is 24.3 Å². The standard InChI is InChI=1S/C16H21ClO3/c1-13(18)11-12-20-16(19)8-4-6-14-5-2-3-7-15(17)10-9-14/h2-3,9-10H,4-8,11-12H2,1H3/b3-2-,14-9+,15-10+. The lowest BCUT2D eigenvalue weighted by atomic mass is 10.0. The molecule has 0 saturated heterocycles. The lowest BCUT2D eigenvalue weighted by molar-refractivity contribution is -0.144. The van der Waals surface area contributed by atoms with E-state index in [-0.39, 0.29) is 18.4 Å². The van der Waals surface area contributed by atoms with E-state index in [9.17, 15) is 9.59 Å². The average molecular weight is 297 g/mol. The van der Waals surface area contributed by atoms with E-state index in [1.807, 2.05) is 12.2 Å². The molecule has 0 aliphatic heterocycles. The molecule has 1 aliphatic carbocycles. The molecule has 0 aromatic rings. The Morgan fingerprint density at radius 3 is 2.70 bits per heavy atom. The van der Waals surface area contributed by atoms with Gasteiger partial charge in [0.25, 0.3) is 0 Å². The Hall–Kier alpha value is -1.35. The minimum absolute atomic E-state index is 0.0351.